The number of nitrogens with zero attached hydrogens (tertiary/aromatic N) is 1. The maximum atomic E-state index is 12.4. The predicted octanol–water partition coefficient (Wildman–Crippen LogP) is 3.37. The summed E-state index contributed by atoms with van der Waals surface area (Å²) in [5, 5.41) is 5.18. The van der Waals surface area contributed by atoms with Crippen molar-refractivity contribution in [2.75, 3.05) is 13.1 Å². The monoisotopic (exact) mass is 396 g/mol. The summed E-state index contributed by atoms with van der Waals surface area (Å²) < 4.78 is 13.3. The number of hydrogen-bond acceptors (Lipinski definition) is 4. The van der Waals surface area contributed by atoms with Crippen molar-refractivity contribution in [3.63, 3.8) is 0 Å². The van der Waals surface area contributed by atoms with Gasteiger partial charge in [0.15, 0.2) is 0 Å². The fourth-order valence-electron chi connectivity index (χ4n) is 2.72. The van der Waals surface area contributed by atoms with Crippen molar-refractivity contribution < 1.29 is 4.39 Å². The molecular weight excluding hydrogens is 371 g/mol. The van der Waals surface area contributed by atoms with Crippen LogP contribution in [0.4, 0.5) is 4.39 Å². The Bertz CT molecular complexity index is 576. The molecule has 0 bridgehead atoms. The minimum absolute atomic E-state index is 0.0642. The van der Waals surface area contributed by atoms with E-state index in [9.17, 15) is 4.39 Å². The minimum Gasteiger partial charge on any atom is -0.396 e. The van der Waals surface area contributed by atoms with E-state index in [4.69, 9.17) is 11.6 Å². The summed E-state index contributed by atoms with van der Waals surface area (Å²) in [5.74, 6) is 6.89. The summed E-state index contributed by atoms with van der Waals surface area (Å²) in [6.07, 6.45) is 11.7. The second kappa shape index (κ2) is 9.20. The van der Waals surface area contributed by atoms with Gasteiger partial charge in [0.25, 0.3) is 0 Å². The number of nitrogens with two attached hydrogens (primary N) is 2. The predicted molar refractivity (Wildman–Crippen MR) is 101 cm³/mol. The Morgan fingerprint density at radius 1 is 1.46 bits per heavy atom. The molecule has 0 aromatic heterocycles. The van der Waals surface area contributed by atoms with Crippen LogP contribution in [-0.4, -0.2) is 24.1 Å². The molecular formula is C18H26BrFN4. The fraction of sp³-hybridized carbons (Fsp3) is 0.444. The number of hydrazine groups is 1. The van der Waals surface area contributed by atoms with E-state index in [0.717, 1.165) is 35.1 Å². The lowest BCUT2D eigenvalue weighted by molar-refractivity contribution is 0.347. The summed E-state index contributed by atoms with van der Waals surface area (Å²) in [6, 6.07) is 0.0642. The summed E-state index contributed by atoms with van der Waals surface area (Å²) in [4.78, 5) is 0. The van der Waals surface area contributed by atoms with E-state index < -0.39 is 0 Å². The van der Waals surface area contributed by atoms with Gasteiger partial charge in [-0.25, -0.2) is 10.2 Å². The van der Waals surface area contributed by atoms with Crippen LogP contribution in [0, 0.1) is 5.92 Å². The Hall–Kier alpha value is -1.37. The Balaban J connectivity index is 2.04. The molecule has 0 spiro atoms. The zero-order valence-electron chi connectivity index (χ0n) is 13.8. The molecule has 1 atom stereocenters. The molecule has 2 rings (SSSR count). The molecule has 0 aliphatic heterocycles. The molecule has 0 amide bonds. The van der Waals surface area contributed by atoms with E-state index in [-0.39, 0.29) is 6.04 Å². The fourth-order valence-corrected chi connectivity index (χ4v) is 3.31. The molecule has 1 fully saturated rings. The molecule has 0 aromatic rings. The first-order valence-electron chi connectivity index (χ1n) is 8.26. The van der Waals surface area contributed by atoms with Crippen molar-refractivity contribution in [2.24, 2.45) is 17.5 Å². The lowest BCUT2D eigenvalue weighted by Gasteiger charge is -2.23. The molecule has 132 valence electrons. The highest BCUT2D eigenvalue weighted by Crippen LogP contribution is 2.32. The van der Waals surface area contributed by atoms with Crippen LogP contribution >= 0.6 is 15.9 Å². The van der Waals surface area contributed by atoms with Crippen LogP contribution in [0.2, 0.25) is 0 Å². The van der Waals surface area contributed by atoms with Crippen LogP contribution in [0.3, 0.4) is 0 Å². The molecule has 0 aromatic carbocycles. The zero-order valence-corrected chi connectivity index (χ0v) is 15.4. The molecule has 5 N–H and O–H groups in total. The molecule has 1 unspecified atom stereocenters. The lowest BCUT2D eigenvalue weighted by atomic mass is 10.1. The van der Waals surface area contributed by atoms with E-state index in [0.29, 0.717) is 24.5 Å². The molecule has 2 aliphatic rings. The van der Waals surface area contributed by atoms with Crippen LogP contribution in [0.5, 0.6) is 0 Å². The number of halogens is 2. The quantitative estimate of drug-likeness (QED) is 0.334. The third kappa shape index (κ3) is 5.33. The SMILES string of the molecule is C=C/C=C(\C=C\F)CNC1CCC=C(N(N)CC2CC2)C(N)=C1Br. The molecule has 2 aliphatic carbocycles. The maximum Gasteiger partial charge on any atom is 0.0870 e. The summed E-state index contributed by atoms with van der Waals surface area (Å²) in [5.41, 5.74) is 8.71. The van der Waals surface area contributed by atoms with Gasteiger partial charge in [-0.3, -0.25) is 0 Å². The number of rotatable bonds is 8. The first-order valence-corrected chi connectivity index (χ1v) is 9.05. The molecule has 24 heavy (non-hydrogen) atoms. The van der Waals surface area contributed by atoms with Gasteiger partial charge >= 0.3 is 0 Å². The summed E-state index contributed by atoms with van der Waals surface area (Å²) >= 11 is 3.63. The minimum atomic E-state index is 0.0642. The first kappa shape index (κ1) is 19.0. The van der Waals surface area contributed by atoms with Crippen LogP contribution in [0.1, 0.15) is 25.7 Å². The summed E-state index contributed by atoms with van der Waals surface area (Å²) in [7, 11) is 0. The van der Waals surface area contributed by atoms with E-state index >= 15 is 0 Å². The highest BCUT2D eigenvalue weighted by molar-refractivity contribution is 9.11. The van der Waals surface area contributed by atoms with Gasteiger partial charge in [-0.15, -0.1) is 0 Å². The Labute approximate surface area is 151 Å². The largest absolute Gasteiger partial charge is 0.396 e. The standard InChI is InChI=1S/C18H26BrFN4/c1-2-4-13(9-10-20)11-23-15-5-3-6-16(18(21)17(15)19)24(22)12-14-7-8-14/h2,4,6,9-10,14-15,23H,1,3,5,7-8,11-12,21-22H2/b10-9+,13-4+. The smallest absolute Gasteiger partial charge is 0.0870 e. The lowest BCUT2D eigenvalue weighted by Crippen LogP contribution is -2.36. The van der Waals surface area contributed by atoms with Crippen molar-refractivity contribution in [1.82, 2.24) is 10.3 Å². The highest BCUT2D eigenvalue weighted by atomic mass is 79.9. The Kier molecular flexibility index (Phi) is 7.27. The third-order valence-corrected chi connectivity index (χ3v) is 5.23. The topological polar surface area (TPSA) is 67.3 Å². The van der Waals surface area contributed by atoms with Crippen LogP contribution < -0.4 is 16.9 Å². The van der Waals surface area contributed by atoms with Crippen molar-refractivity contribution >= 4 is 15.9 Å². The van der Waals surface area contributed by atoms with Gasteiger partial charge in [-0.1, -0.05) is 40.7 Å². The Morgan fingerprint density at radius 3 is 2.83 bits per heavy atom. The van der Waals surface area contributed by atoms with Crippen LogP contribution in [-0.2, 0) is 0 Å². The van der Waals surface area contributed by atoms with Gasteiger partial charge in [0.05, 0.1) is 17.7 Å². The summed E-state index contributed by atoms with van der Waals surface area (Å²) in [6.45, 7) is 5.03. The molecule has 0 saturated heterocycles. The number of hydrogen-bond donors (Lipinski definition) is 3. The second-order valence-electron chi connectivity index (χ2n) is 6.23. The van der Waals surface area contributed by atoms with Crippen LogP contribution in [0.15, 0.2) is 58.7 Å². The van der Waals surface area contributed by atoms with Gasteiger partial charge in [-0.05, 0) is 43.3 Å². The molecule has 6 heteroatoms. The van der Waals surface area contributed by atoms with Crippen molar-refractivity contribution in [1.29, 1.82) is 0 Å². The number of allylic oxidation sites excluding steroid dienone is 3. The van der Waals surface area contributed by atoms with E-state index in [2.05, 4.69) is 33.9 Å². The molecule has 0 radical (unpaired) electrons. The van der Waals surface area contributed by atoms with E-state index in [1.807, 2.05) is 0 Å². The average molecular weight is 397 g/mol. The van der Waals surface area contributed by atoms with E-state index in [1.165, 1.54) is 18.9 Å². The zero-order chi connectivity index (χ0) is 17.5. The second-order valence-corrected chi connectivity index (χ2v) is 7.08. The van der Waals surface area contributed by atoms with E-state index in [1.54, 1.807) is 17.2 Å². The molecule has 4 nitrogen and oxygen atoms in total. The molecule has 1 saturated carbocycles. The third-order valence-electron chi connectivity index (χ3n) is 4.26. The maximum absolute atomic E-state index is 12.4. The van der Waals surface area contributed by atoms with Gasteiger partial charge in [0.1, 0.15) is 0 Å². The van der Waals surface area contributed by atoms with Gasteiger partial charge in [-0.2, -0.15) is 0 Å². The van der Waals surface area contributed by atoms with Gasteiger partial charge in [0, 0.05) is 23.6 Å². The first-order chi connectivity index (χ1) is 11.6. The Morgan fingerprint density at radius 2 is 2.21 bits per heavy atom. The van der Waals surface area contributed by atoms with Crippen molar-refractivity contribution in [3.8, 4) is 0 Å². The van der Waals surface area contributed by atoms with Crippen molar-refractivity contribution in [2.45, 2.75) is 31.7 Å². The normalized spacial score (nSPS) is 22.5. The number of nitrogens with one attached hydrogen (secondary N) is 1. The molecule has 0 heterocycles. The van der Waals surface area contributed by atoms with Gasteiger partial charge in [0.2, 0.25) is 0 Å². The van der Waals surface area contributed by atoms with Gasteiger partial charge < -0.3 is 16.1 Å². The highest BCUT2D eigenvalue weighted by Gasteiger charge is 2.27. The average Bonchev–Trinajstić information content (AvgIpc) is 3.37. The van der Waals surface area contributed by atoms with Crippen molar-refractivity contribution in [3.05, 3.63) is 58.7 Å². The van der Waals surface area contributed by atoms with Crippen LogP contribution in [0.25, 0.3) is 0 Å².